The fourth-order valence-electron chi connectivity index (χ4n) is 2.52. The average molecular weight is 311 g/mol. The molecule has 1 aliphatic carbocycles. The lowest BCUT2D eigenvalue weighted by Gasteiger charge is -2.30. The second kappa shape index (κ2) is 7.22. The lowest BCUT2D eigenvalue weighted by molar-refractivity contribution is 0.0906. The van der Waals surface area contributed by atoms with Crippen LogP contribution in [0.2, 0.25) is 0 Å². The van der Waals surface area contributed by atoms with Crippen LogP contribution in [0.1, 0.15) is 56.2 Å². The number of carbonyl (C=O) groups is 1. The summed E-state index contributed by atoms with van der Waals surface area (Å²) >= 11 is 1.64. The minimum atomic E-state index is -0.414. The van der Waals surface area contributed by atoms with Crippen molar-refractivity contribution in [3.8, 4) is 0 Å². The van der Waals surface area contributed by atoms with Crippen LogP contribution in [0, 0.1) is 0 Å². The highest BCUT2D eigenvalue weighted by Crippen LogP contribution is 2.20. The van der Waals surface area contributed by atoms with Crippen LogP contribution in [0.5, 0.6) is 0 Å². The minimum Gasteiger partial charge on any atom is -0.391 e. The molecule has 1 aliphatic rings. The molecule has 2 amide bonds. The summed E-state index contributed by atoms with van der Waals surface area (Å²) in [6.45, 7) is 4.73. The highest BCUT2D eigenvalue weighted by molar-refractivity contribution is 7.09. The van der Waals surface area contributed by atoms with Crippen molar-refractivity contribution >= 4 is 17.4 Å². The molecule has 1 aromatic heterocycles. The van der Waals surface area contributed by atoms with Gasteiger partial charge in [0, 0.05) is 18.3 Å². The van der Waals surface area contributed by atoms with Gasteiger partial charge >= 0.3 is 6.03 Å². The molecule has 2 N–H and O–H groups in total. The molecule has 1 heterocycles. The molecular weight excluding hydrogens is 286 g/mol. The van der Waals surface area contributed by atoms with Gasteiger partial charge in [0.15, 0.2) is 0 Å². The maximum Gasteiger partial charge on any atom is 0.317 e. The van der Waals surface area contributed by atoms with E-state index < -0.39 is 6.10 Å². The zero-order valence-corrected chi connectivity index (χ0v) is 13.8. The van der Waals surface area contributed by atoms with Crippen LogP contribution in [0.15, 0.2) is 5.38 Å². The molecule has 0 aliphatic heterocycles. The van der Waals surface area contributed by atoms with Crippen LogP contribution < -0.4 is 5.32 Å². The lowest BCUT2D eigenvalue weighted by Crippen LogP contribution is -2.49. The third-order valence-corrected chi connectivity index (χ3v) is 5.04. The molecule has 0 radical (unpaired) electrons. The number of amides is 2. The zero-order valence-electron chi connectivity index (χ0n) is 13.0. The Bertz CT molecular complexity index is 475. The van der Waals surface area contributed by atoms with Crippen molar-refractivity contribution in [2.45, 2.75) is 64.1 Å². The Hall–Kier alpha value is -1.14. The van der Waals surface area contributed by atoms with E-state index in [2.05, 4.69) is 24.1 Å². The number of aliphatic hydroxyl groups is 1. The topological polar surface area (TPSA) is 65.5 Å². The Balaban J connectivity index is 1.86. The summed E-state index contributed by atoms with van der Waals surface area (Å²) < 4.78 is 0. The van der Waals surface area contributed by atoms with Crippen LogP contribution in [-0.2, 0) is 6.54 Å². The maximum atomic E-state index is 12.2. The van der Waals surface area contributed by atoms with Gasteiger partial charge in [-0.25, -0.2) is 9.78 Å². The molecule has 1 aromatic rings. The molecule has 2 atom stereocenters. The Kier molecular flexibility index (Phi) is 5.58. The van der Waals surface area contributed by atoms with Gasteiger partial charge in [0.05, 0.1) is 29.4 Å². The van der Waals surface area contributed by atoms with Crippen molar-refractivity contribution < 1.29 is 9.90 Å². The summed E-state index contributed by atoms with van der Waals surface area (Å²) in [4.78, 5) is 18.3. The van der Waals surface area contributed by atoms with E-state index in [1.807, 2.05) is 5.38 Å². The SMILES string of the molecule is CC(C)c1nc(CN(C)C(=O)NC2CCCCC2O)cs1. The molecule has 6 heteroatoms. The first-order chi connectivity index (χ1) is 9.97. The molecule has 0 aromatic carbocycles. The van der Waals surface area contributed by atoms with Crippen molar-refractivity contribution in [2.24, 2.45) is 0 Å². The first-order valence-corrected chi connectivity index (χ1v) is 8.49. The average Bonchev–Trinajstić information content (AvgIpc) is 2.90. The smallest absolute Gasteiger partial charge is 0.317 e. The summed E-state index contributed by atoms with van der Waals surface area (Å²) in [5.41, 5.74) is 0.922. The molecule has 118 valence electrons. The number of nitrogens with one attached hydrogen (secondary N) is 1. The normalized spacial score (nSPS) is 22.3. The van der Waals surface area contributed by atoms with Gasteiger partial charge in [-0.3, -0.25) is 0 Å². The van der Waals surface area contributed by atoms with Gasteiger partial charge < -0.3 is 15.3 Å². The number of hydrogen-bond donors (Lipinski definition) is 2. The molecule has 0 saturated heterocycles. The first-order valence-electron chi connectivity index (χ1n) is 7.61. The summed E-state index contributed by atoms with van der Waals surface area (Å²) in [5.74, 6) is 0.417. The van der Waals surface area contributed by atoms with Crippen molar-refractivity contribution in [2.75, 3.05) is 7.05 Å². The molecule has 0 spiro atoms. The van der Waals surface area contributed by atoms with Crippen LogP contribution in [0.4, 0.5) is 4.79 Å². The van der Waals surface area contributed by atoms with E-state index in [1.54, 1.807) is 23.3 Å². The second-order valence-electron chi connectivity index (χ2n) is 6.10. The van der Waals surface area contributed by atoms with Gasteiger partial charge in [-0.05, 0) is 12.8 Å². The number of carbonyl (C=O) groups excluding carboxylic acids is 1. The molecule has 5 nitrogen and oxygen atoms in total. The third kappa shape index (κ3) is 4.41. The monoisotopic (exact) mass is 311 g/mol. The number of rotatable bonds is 4. The zero-order chi connectivity index (χ0) is 15.4. The Morgan fingerprint density at radius 2 is 2.24 bits per heavy atom. The van der Waals surface area contributed by atoms with Gasteiger partial charge in [0.1, 0.15) is 0 Å². The van der Waals surface area contributed by atoms with Gasteiger partial charge in [0.25, 0.3) is 0 Å². The summed E-state index contributed by atoms with van der Waals surface area (Å²) in [5, 5.41) is 15.9. The largest absolute Gasteiger partial charge is 0.391 e. The highest BCUT2D eigenvalue weighted by Gasteiger charge is 2.25. The van der Waals surface area contributed by atoms with Crippen LogP contribution >= 0.6 is 11.3 Å². The standard InChI is InChI=1S/C15H25N3O2S/c1-10(2)14-16-11(9-21-14)8-18(3)15(20)17-12-6-4-5-7-13(12)19/h9-10,12-13,19H,4-8H2,1-3H3,(H,17,20). The Morgan fingerprint density at radius 3 is 2.86 bits per heavy atom. The van der Waals surface area contributed by atoms with Crippen molar-refractivity contribution in [3.63, 3.8) is 0 Å². The van der Waals surface area contributed by atoms with Crippen molar-refractivity contribution in [3.05, 3.63) is 16.1 Å². The molecule has 21 heavy (non-hydrogen) atoms. The fraction of sp³-hybridized carbons (Fsp3) is 0.733. The molecular formula is C15H25N3O2S. The maximum absolute atomic E-state index is 12.2. The van der Waals surface area contributed by atoms with Gasteiger partial charge in [0.2, 0.25) is 0 Å². The number of nitrogens with zero attached hydrogens (tertiary/aromatic N) is 2. The Labute approximate surface area is 130 Å². The van der Waals surface area contributed by atoms with Crippen LogP contribution in [-0.4, -0.2) is 40.2 Å². The molecule has 0 bridgehead atoms. The lowest BCUT2D eigenvalue weighted by atomic mass is 9.93. The van der Waals surface area contributed by atoms with Crippen molar-refractivity contribution in [1.82, 2.24) is 15.2 Å². The van der Waals surface area contributed by atoms with E-state index in [9.17, 15) is 9.90 Å². The number of urea groups is 1. The van der Waals surface area contributed by atoms with Crippen LogP contribution in [0.3, 0.4) is 0 Å². The quantitative estimate of drug-likeness (QED) is 0.898. The number of thiazole rings is 1. The number of aliphatic hydroxyl groups excluding tert-OH is 1. The van der Waals surface area contributed by atoms with Gasteiger partial charge in [-0.15, -0.1) is 11.3 Å². The summed E-state index contributed by atoms with van der Waals surface area (Å²) in [7, 11) is 1.76. The second-order valence-corrected chi connectivity index (χ2v) is 6.99. The van der Waals surface area contributed by atoms with Gasteiger partial charge in [-0.2, -0.15) is 0 Å². The number of aromatic nitrogens is 1. The predicted molar refractivity (Wildman–Crippen MR) is 84.5 cm³/mol. The van der Waals surface area contributed by atoms with E-state index in [-0.39, 0.29) is 12.1 Å². The van der Waals surface area contributed by atoms with E-state index in [4.69, 9.17) is 0 Å². The Morgan fingerprint density at radius 1 is 1.52 bits per heavy atom. The molecule has 2 rings (SSSR count). The van der Waals surface area contributed by atoms with E-state index in [0.29, 0.717) is 12.5 Å². The van der Waals surface area contributed by atoms with E-state index >= 15 is 0 Å². The van der Waals surface area contributed by atoms with Gasteiger partial charge in [-0.1, -0.05) is 26.7 Å². The summed E-state index contributed by atoms with van der Waals surface area (Å²) in [6.07, 6.45) is 3.33. The highest BCUT2D eigenvalue weighted by atomic mass is 32.1. The van der Waals surface area contributed by atoms with Crippen molar-refractivity contribution in [1.29, 1.82) is 0 Å². The third-order valence-electron chi connectivity index (χ3n) is 3.85. The first kappa shape index (κ1) is 16.2. The van der Waals surface area contributed by atoms with E-state index in [0.717, 1.165) is 36.4 Å². The van der Waals surface area contributed by atoms with Crippen LogP contribution in [0.25, 0.3) is 0 Å². The summed E-state index contributed by atoms with van der Waals surface area (Å²) in [6, 6.07) is -0.254. The molecule has 2 unspecified atom stereocenters. The minimum absolute atomic E-state index is 0.115. The molecule has 1 saturated carbocycles. The predicted octanol–water partition coefficient (Wildman–Crippen LogP) is 2.71. The molecule has 1 fully saturated rings. The fourth-order valence-corrected chi connectivity index (χ4v) is 3.35. The van der Waals surface area contributed by atoms with E-state index in [1.165, 1.54) is 0 Å². The number of hydrogen-bond acceptors (Lipinski definition) is 4.